The summed E-state index contributed by atoms with van der Waals surface area (Å²) < 4.78 is 7.38. The molecule has 7 heteroatoms. The van der Waals surface area contributed by atoms with E-state index in [2.05, 4.69) is 52.8 Å². The lowest BCUT2D eigenvalue weighted by Gasteiger charge is -2.25. The van der Waals surface area contributed by atoms with Gasteiger partial charge in [-0.2, -0.15) is 5.10 Å². The second-order valence-electron chi connectivity index (χ2n) is 6.55. The van der Waals surface area contributed by atoms with Crippen molar-refractivity contribution in [2.45, 2.75) is 45.7 Å². The second-order valence-corrected chi connectivity index (χ2v) is 6.55. The first-order valence-electron chi connectivity index (χ1n) is 9.24. The van der Waals surface area contributed by atoms with E-state index >= 15 is 0 Å². The molecule has 2 heterocycles. The summed E-state index contributed by atoms with van der Waals surface area (Å²) >= 11 is 0. The number of guanidine groups is 1. The smallest absolute Gasteiger partial charge is 0.191 e. The van der Waals surface area contributed by atoms with Crippen LogP contribution in [0.25, 0.3) is 0 Å². The molecule has 2 N–H and O–H groups in total. The highest BCUT2D eigenvalue weighted by Crippen LogP contribution is 2.19. The number of ether oxygens (including phenoxy) is 1. The van der Waals surface area contributed by atoms with E-state index in [0.29, 0.717) is 6.04 Å². The third kappa shape index (κ3) is 4.53. The van der Waals surface area contributed by atoms with Crippen LogP contribution in [0, 0.1) is 6.92 Å². The van der Waals surface area contributed by atoms with E-state index in [0.717, 1.165) is 62.0 Å². The maximum Gasteiger partial charge on any atom is 0.191 e. The summed E-state index contributed by atoms with van der Waals surface area (Å²) in [5, 5.41) is 11.1. The monoisotopic (exact) mass is 356 g/mol. The molecule has 1 aliphatic heterocycles. The largest absolute Gasteiger partial charge is 0.496 e. The van der Waals surface area contributed by atoms with Crippen molar-refractivity contribution < 1.29 is 4.74 Å². The van der Waals surface area contributed by atoms with Gasteiger partial charge in [0.1, 0.15) is 17.9 Å². The van der Waals surface area contributed by atoms with E-state index in [9.17, 15) is 0 Å². The van der Waals surface area contributed by atoms with Crippen LogP contribution in [-0.4, -0.2) is 47.0 Å². The Morgan fingerprint density at radius 2 is 2.31 bits per heavy atom. The molecule has 0 saturated heterocycles. The summed E-state index contributed by atoms with van der Waals surface area (Å²) in [5.74, 6) is 2.86. The number of nitrogens with zero attached hydrogens (tertiary/aromatic N) is 4. The average Bonchev–Trinajstić information content (AvgIpc) is 3.11. The highest BCUT2D eigenvalue weighted by Gasteiger charge is 2.20. The lowest BCUT2D eigenvalue weighted by atomic mass is 10.1. The summed E-state index contributed by atoms with van der Waals surface area (Å²) in [7, 11) is 1.71. The number of aryl methyl sites for hydroxylation is 2. The molecule has 0 radical (unpaired) electrons. The molecule has 0 amide bonds. The Kier molecular flexibility index (Phi) is 6.09. The van der Waals surface area contributed by atoms with E-state index in [1.54, 1.807) is 13.4 Å². The second kappa shape index (κ2) is 8.69. The molecule has 1 aromatic heterocycles. The summed E-state index contributed by atoms with van der Waals surface area (Å²) in [4.78, 5) is 9.01. The molecule has 0 aliphatic carbocycles. The standard InChI is InChI=1S/C19H28N6O/c1-4-20-19(24-16-7-8-18-22-13-23-25(18)12-16)21-10-9-15-6-5-14(2)17(11-15)26-3/h5-6,11,13,16H,4,7-10,12H2,1-3H3,(H2,20,21,24). The van der Waals surface area contributed by atoms with E-state index in [1.165, 1.54) is 5.56 Å². The molecule has 0 fully saturated rings. The Bertz CT molecular complexity index is 754. The van der Waals surface area contributed by atoms with Crippen LogP contribution < -0.4 is 15.4 Å². The quantitative estimate of drug-likeness (QED) is 0.609. The molecule has 1 atom stereocenters. The molecule has 1 aliphatic rings. The molecule has 3 rings (SSSR count). The van der Waals surface area contributed by atoms with Crippen molar-refractivity contribution >= 4 is 5.96 Å². The molecular formula is C19H28N6O. The molecular weight excluding hydrogens is 328 g/mol. The molecule has 140 valence electrons. The minimum absolute atomic E-state index is 0.321. The van der Waals surface area contributed by atoms with Crippen molar-refractivity contribution in [3.8, 4) is 5.75 Å². The minimum atomic E-state index is 0.321. The number of methoxy groups -OCH3 is 1. The van der Waals surface area contributed by atoms with Gasteiger partial charge >= 0.3 is 0 Å². The Labute approximate surface area is 154 Å². The number of aromatic nitrogens is 3. The number of aliphatic imine (C=N–C) groups is 1. The number of benzene rings is 1. The normalized spacial score (nSPS) is 16.9. The van der Waals surface area contributed by atoms with Crippen molar-refractivity contribution in [3.63, 3.8) is 0 Å². The third-order valence-corrected chi connectivity index (χ3v) is 4.63. The number of rotatable bonds is 6. The van der Waals surface area contributed by atoms with Gasteiger partial charge in [0, 0.05) is 25.6 Å². The van der Waals surface area contributed by atoms with Gasteiger partial charge in [0.15, 0.2) is 5.96 Å². The molecule has 7 nitrogen and oxygen atoms in total. The van der Waals surface area contributed by atoms with Crippen LogP contribution in [0.3, 0.4) is 0 Å². The van der Waals surface area contributed by atoms with E-state index in [-0.39, 0.29) is 0 Å². The predicted octanol–water partition coefficient (Wildman–Crippen LogP) is 1.71. The van der Waals surface area contributed by atoms with E-state index < -0.39 is 0 Å². The van der Waals surface area contributed by atoms with Gasteiger partial charge in [0.2, 0.25) is 0 Å². The van der Waals surface area contributed by atoms with Crippen molar-refractivity contribution in [2.75, 3.05) is 20.2 Å². The van der Waals surface area contributed by atoms with Gasteiger partial charge in [0.25, 0.3) is 0 Å². The van der Waals surface area contributed by atoms with Crippen LogP contribution in [0.2, 0.25) is 0 Å². The predicted molar refractivity (Wildman–Crippen MR) is 103 cm³/mol. The fourth-order valence-corrected chi connectivity index (χ4v) is 3.19. The van der Waals surface area contributed by atoms with Crippen molar-refractivity contribution in [2.24, 2.45) is 4.99 Å². The van der Waals surface area contributed by atoms with Gasteiger partial charge in [-0.1, -0.05) is 12.1 Å². The average molecular weight is 356 g/mol. The van der Waals surface area contributed by atoms with Crippen LogP contribution in [0.5, 0.6) is 5.75 Å². The summed E-state index contributed by atoms with van der Waals surface area (Å²) in [6, 6.07) is 6.65. The van der Waals surface area contributed by atoms with Gasteiger partial charge in [-0.3, -0.25) is 4.99 Å². The van der Waals surface area contributed by atoms with Gasteiger partial charge in [-0.15, -0.1) is 0 Å². The highest BCUT2D eigenvalue weighted by molar-refractivity contribution is 5.80. The molecule has 2 aromatic rings. The fraction of sp³-hybridized carbons (Fsp3) is 0.526. The first-order valence-corrected chi connectivity index (χ1v) is 9.24. The van der Waals surface area contributed by atoms with E-state index in [1.807, 2.05) is 4.68 Å². The fourth-order valence-electron chi connectivity index (χ4n) is 3.19. The Morgan fingerprint density at radius 3 is 3.12 bits per heavy atom. The van der Waals surface area contributed by atoms with E-state index in [4.69, 9.17) is 9.73 Å². The van der Waals surface area contributed by atoms with Crippen molar-refractivity contribution in [3.05, 3.63) is 41.5 Å². The first kappa shape index (κ1) is 18.2. The number of hydrogen-bond donors (Lipinski definition) is 2. The summed E-state index contributed by atoms with van der Waals surface area (Å²) in [6.45, 7) is 6.53. The Hall–Kier alpha value is -2.57. The number of fused-ring (bicyclic) bond motifs is 1. The van der Waals surface area contributed by atoms with Crippen molar-refractivity contribution in [1.82, 2.24) is 25.4 Å². The molecule has 0 spiro atoms. The minimum Gasteiger partial charge on any atom is -0.496 e. The third-order valence-electron chi connectivity index (χ3n) is 4.63. The maximum absolute atomic E-state index is 5.40. The summed E-state index contributed by atoms with van der Waals surface area (Å²) in [5.41, 5.74) is 2.39. The van der Waals surface area contributed by atoms with Crippen LogP contribution in [0.15, 0.2) is 29.5 Å². The lowest BCUT2D eigenvalue weighted by Crippen LogP contribution is -2.47. The van der Waals surface area contributed by atoms with Gasteiger partial charge in [0.05, 0.1) is 13.7 Å². The summed E-state index contributed by atoms with van der Waals surface area (Å²) in [6.07, 6.45) is 4.50. The molecule has 1 aromatic carbocycles. The first-order chi connectivity index (χ1) is 12.7. The zero-order chi connectivity index (χ0) is 18.4. The lowest BCUT2D eigenvalue weighted by molar-refractivity contribution is 0.393. The SMILES string of the molecule is CCNC(=NCCc1ccc(C)c(OC)c1)NC1CCc2ncnn2C1. The van der Waals surface area contributed by atoms with Crippen LogP contribution in [-0.2, 0) is 19.4 Å². The van der Waals surface area contributed by atoms with Gasteiger partial charge < -0.3 is 15.4 Å². The zero-order valence-corrected chi connectivity index (χ0v) is 15.8. The zero-order valence-electron chi connectivity index (χ0n) is 15.8. The van der Waals surface area contributed by atoms with Gasteiger partial charge in [-0.05, 0) is 43.9 Å². The molecule has 0 saturated carbocycles. The number of nitrogens with one attached hydrogen (secondary N) is 2. The van der Waals surface area contributed by atoms with Gasteiger partial charge in [-0.25, -0.2) is 9.67 Å². The Morgan fingerprint density at radius 1 is 1.42 bits per heavy atom. The van der Waals surface area contributed by atoms with Crippen LogP contribution in [0.4, 0.5) is 0 Å². The van der Waals surface area contributed by atoms with Crippen LogP contribution >= 0.6 is 0 Å². The van der Waals surface area contributed by atoms with Crippen molar-refractivity contribution in [1.29, 1.82) is 0 Å². The molecule has 0 bridgehead atoms. The molecule has 1 unspecified atom stereocenters. The molecule has 26 heavy (non-hydrogen) atoms. The topological polar surface area (TPSA) is 76.4 Å². The highest BCUT2D eigenvalue weighted by atomic mass is 16.5. The maximum atomic E-state index is 5.40. The number of hydrogen-bond acceptors (Lipinski definition) is 4. The Balaban J connectivity index is 1.57. The van der Waals surface area contributed by atoms with Crippen LogP contribution in [0.1, 0.15) is 30.3 Å².